The Morgan fingerprint density at radius 3 is 1.75 bits per heavy atom. The molecule has 0 atom stereocenters. The van der Waals surface area contributed by atoms with E-state index in [1.165, 1.54) is 31.0 Å². The molecule has 1 aliphatic rings. The van der Waals surface area contributed by atoms with Crippen molar-refractivity contribution in [3.8, 4) is 46.0 Å². The third kappa shape index (κ3) is 9.36. The number of carbonyl (C=O) groups excluding carboxylic acids is 6. The lowest BCUT2D eigenvalue weighted by molar-refractivity contribution is -0.130. The number of hydrogen-bond donors (Lipinski definition) is 0. The molecule has 312 valence electrons. The van der Waals surface area contributed by atoms with Crippen molar-refractivity contribution in [2.24, 2.45) is 0 Å². The normalized spacial score (nSPS) is 12.3. The van der Waals surface area contributed by atoms with E-state index < -0.39 is 29.2 Å². The third-order valence-electron chi connectivity index (χ3n) is 9.54. The van der Waals surface area contributed by atoms with Gasteiger partial charge in [0, 0.05) is 47.1 Å². The minimum absolute atomic E-state index is 0.0252. The lowest BCUT2D eigenvalue weighted by Gasteiger charge is -2.29. The lowest BCUT2D eigenvalue weighted by atomic mass is 9.86. The third-order valence-corrected chi connectivity index (χ3v) is 9.54. The molecule has 0 aliphatic carbocycles. The summed E-state index contributed by atoms with van der Waals surface area (Å²) in [5.41, 5.74) is 0.207. The van der Waals surface area contributed by atoms with E-state index in [1.807, 2.05) is 26.8 Å². The molecule has 0 saturated heterocycles. The van der Waals surface area contributed by atoms with Gasteiger partial charge in [0.2, 0.25) is 0 Å². The first-order valence-electron chi connectivity index (χ1n) is 19.1. The van der Waals surface area contributed by atoms with Gasteiger partial charge in [-0.25, -0.2) is 4.79 Å². The van der Waals surface area contributed by atoms with Crippen LogP contribution in [0.25, 0.3) is 0 Å². The average Bonchev–Trinajstić information content (AvgIpc) is 3.46. The molecule has 13 heteroatoms. The van der Waals surface area contributed by atoms with E-state index in [9.17, 15) is 28.8 Å². The molecule has 61 heavy (non-hydrogen) atoms. The van der Waals surface area contributed by atoms with Gasteiger partial charge in [0.25, 0.3) is 24.2 Å². The first-order valence-corrected chi connectivity index (χ1v) is 19.1. The largest absolute Gasteiger partial charge is 0.457 e. The minimum atomic E-state index is -0.838. The number of carbonyl (C=O) groups is 6. The molecule has 13 nitrogen and oxygen atoms in total. The number of fused-ring (bicyclic) bond motifs is 1. The van der Waals surface area contributed by atoms with Crippen LogP contribution in [0.1, 0.15) is 95.5 Å². The summed E-state index contributed by atoms with van der Waals surface area (Å²) in [4.78, 5) is 78.4. The monoisotopic (exact) mass is 824 g/mol. The number of esters is 1. The van der Waals surface area contributed by atoms with E-state index in [2.05, 4.69) is 6.58 Å². The van der Waals surface area contributed by atoms with Crippen LogP contribution in [0.2, 0.25) is 0 Å². The SMILES string of the molecule is C=C(C)C(=O)Oc1ccc(Oc2cc(N(C)C(=O)c3cc4c(cc3C=O)C(=O)N(C(C)(C)C)C4=O)ccc2Oc2ccc(C(C)(C)C)c(Oc3ccc(OC=O)cc3)c2)cc1. The quantitative estimate of drug-likeness (QED) is 0.0366. The molecule has 0 bridgehead atoms. The first kappa shape index (κ1) is 43.0. The second kappa shape index (κ2) is 17.0. The topological polar surface area (TPSA) is 155 Å². The highest BCUT2D eigenvalue weighted by atomic mass is 16.5. The summed E-state index contributed by atoms with van der Waals surface area (Å²) >= 11 is 0. The molecule has 0 spiro atoms. The van der Waals surface area contributed by atoms with Crippen molar-refractivity contribution in [2.75, 3.05) is 11.9 Å². The summed E-state index contributed by atoms with van der Waals surface area (Å²) in [5.74, 6) is 0.404. The Kier molecular flexibility index (Phi) is 12.0. The fraction of sp³-hybridized carbons (Fsp3) is 0.208. The van der Waals surface area contributed by atoms with Gasteiger partial charge in [-0.2, -0.15) is 0 Å². The summed E-state index contributed by atoms with van der Waals surface area (Å²) in [7, 11) is 1.50. The second-order valence-electron chi connectivity index (χ2n) is 16.3. The predicted octanol–water partition coefficient (Wildman–Crippen LogP) is 9.86. The van der Waals surface area contributed by atoms with Crippen molar-refractivity contribution in [3.05, 3.63) is 137 Å². The van der Waals surface area contributed by atoms with Crippen LogP contribution in [-0.2, 0) is 15.0 Å². The van der Waals surface area contributed by atoms with E-state index in [-0.39, 0.29) is 50.5 Å². The van der Waals surface area contributed by atoms with Gasteiger partial charge < -0.3 is 28.6 Å². The smallest absolute Gasteiger partial charge is 0.338 e. The number of hydrogen-bond acceptors (Lipinski definition) is 11. The predicted molar refractivity (Wildman–Crippen MR) is 227 cm³/mol. The van der Waals surface area contributed by atoms with E-state index >= 15 is 0 Å². The van der Waals surface area contributed by atoms with Crippen LogP contribution in [0, 0.1) is 0 Å². The Morgan fingerprint density at radius 1 is 0.656 bits per heavy atom. The van der Waals surface area contributed by atoms with Crippen LogP contribution in [-0.4, -0.2) is 53.9 Å². The Balaban J connectivity index is 1.37. The highest BCUT2D eigenvalue weighted by Crippen LogP contribution is 2.42. The highest BCUT2D eigenvalue weighted by molar-refractivity contribution is 6.24. The zero-order chi connectivity index (χ0) is 44.4. The molecule has 1 heterocycles. The first-order chi connectivity index (χ1) is 28.8. The number of imide groups is 1. The maximum Gasteiger partial charge on any atom is 0.338 e. The van der Waals surface area contributed by atoms with Gasteiger partial charge in [0.1, 0.15) is 34.5 Å². The van der Waals surface area contributed by atoms with Gasteiger partial charge in [0.15, 0.2) is 17.8 Å². The summed E-state index contributed by atoms with van der Waals surface area (Å²) in [6, 6.07) is 25.6. The van der Waals surface area contributed by atoms with Crippen LogP contribution in [0.3, 0.4) is 0 Å². The molecule has 5 aromatic rings. The molecule has 0 N–H and O–H groups in total. The van der Waals surface area contributed by atoms with Gasteiger partial charge in [-0.05, 0) is 112 Å². The van der Waals surface area contributed by atoms with Crippen molar-refractivity contribution in [2.45, 2.75) is 59.4 Å². The van der Waals surface area contributed by atoms with Crippen LogP contribution in [0.4, 0.5) is 5.69 Å². The van der Waals surface area contributed by atoms with Crippen LogP contribution >= 0.6 is 0 Å². The molecule has 0 saturated carbocycles. The van der Waals surface area contributed by atoms with Crippen molar-refractivity contribution in [3.63, 3.8) is 0 Å². The van der Waals surface area contributed by atoms with Crippen LogP contribution in [0.15, 0.2) is 109 Å². The van der Waals surface area contributed by atoms with E-state index in [0.717, 1.165) is 10.5 Å². The molecular weight excluding hydrogens is 781 g/mol. The van der Waals surface area contributed by atoms with Crippen LogP contribution < -0.4 is 28.6 Å². The summed E-state index contributed by atoms with van der Waals surface area (Å²) in [6.07, 6.45) is 0.474. The molecule has 3 amide bonds. The zero-order valence-electron chi connectivity index (χ0n) is 35.0. The van der Waals surface area contributed by atoms with Crippen LogP contribution in [0.5, 0.6) is 46.0 Å². The van der Waals surface area contributed by atoms with E-state index in [4.69, 9.17) is 23.7 Å². The molecule has 0 fully saturated rings. The average molecular weight is 825 g/mol. The van der Waals surface area contributed by atoms with Gasteiger partial charge in [-0.3, -0.25) is 28.9 Å². The molecule has 0 radical (unpaired) electrons. The number of anilines is 1. The number of benzene rings is 5. The number of nitrogens with zero attached hydrogens (tertiary/aromatic N) is 2. The zero-order valence-corrected chi connectivity index (χ0v) is 35.0. The number of aldehydes is 1. The molecule has 0 unspecified atom stereocenters. The fourth-order valence-corrected chi connectivity index (χ4v) is 6.43. The Hall–Kier alpha value is -7.54. The number of rotatable bonds is 13. The van der Waals surface area contributed by atoms with Gasteiger partial charge in [-0.15, -0.1) is 0 Å². The van der Waals surface area contributed by atoms with Gasteiger partial charge in [-0.1, -0.05) is 33.4 Å². The standard InChI is InChI=1S/C48H44N2O11/c1-28(2)46(56)61-34-17-15-33(16-18-34)59-42-23-30(49(9)43(53)36-25-38-37(22-29(36)26-51)44(54)50(45(38)55)48(6,7)8)10-21-40(42)60-35-19-20-39(47(3,4)5)41(24-35)58-32-13-11-31(12-14-32)57-27-52/h10-27H,1H2,2-9H3. The Labute approximate surface area is 353 Å². The van der Waals surface area contributed by atoms with Crippen molar-refractivity contribution >= 4 is 42.1 Å². The summed E-state index contributed by atoms with van der Waals surface area (Å²) in [6.45, 7) is 16.8. The molecule has 5 aromatic carbocycles. The highest BCUT2D eigenvalue weighted by Gasteiger charge is 2.43. The molecule has 6 rings (SSSR count). The maximum absolute atomic E-state index is 14.2. The van der Waals surface area contributed by atoms with Crippen molar-refractivity contribution < 1.29 is 52.5 Å². The molecule has 1 aliphatic heterocycles. The molecule has 0 aromatic heterocycles. The van der Waals surface area contributed by atoms with Gasteiger partial charge in [0.05, 0.1) is 16.7 Å². The van der Waals surface area contributed by atoms with Gasteiger partial charge >= 0.3 is 5.97 Å². The lowest BCUT2D eigenvalue weighted by Crippen LogP contribution is -2.45. The number of ether oxygens (including phenoxy) is 5. The van der Waals surface area contributed by atoms with Crippen molar-refractivity contribution in [1.29, 1.82) is 0 Å². The second-order valence-corrected chi connectivity index (χ2v) is 16.3. The minimum Gasteiger partial charge on any atom is -0.457 e. The summed E-state index contributed by atoms with van der Waals surface area (Å²) < 4.78 is 29.3. The Morgan fingerprint density at radius 2 is 1.20 bits per heavy atom. The van der Waals surface area contributed by atoms with Crippen molar-refractivity contribution in [1.82, 2.24) is 4.90 Å². The van der Waals surface area contributed by atoms with E-state index in [0.29, 0.717) is 47.2 Å². The fourth-order valence-electron chi connectivity index (χ4n) is 6.43. The maximum atomic E-state index is 14.2. The summed E-state index contributed by atoms with van der Waals surface area (Å²) in [5, 5.41) is 0. The van der Waals surface area contributed by atoms with E-state index in [1.54, 1.807) is 99.6 Å². The molecular formula is C48H44N2O11. The number of amides is 3. The Bertz CT molecular complexity index is 2580.